The molecule has 0 radical (unpaired) electrons. The summed E-state index contributed by atoms with van der Waals surface area (Å²) in [5.41, 5.74) is 1.85. The Labute approximate surface area is 146 Å². The highest BCUT2D eigenvalue weighted by molar-refractivity contribution is 5.83. The lowest BCUT2D eigenvalue weighted by Crippen LogP contribution is -2.32. The van der Waals surface area contributed by atoms with Gasteiger partial charge in [0.2, 0.25) is 5.91 Å². The van der Waals surface area contributed by atoms with E-state index in [9.17, 15) is 4.79 Å². The van der Waals surface area contributed by atoms with Crippen molar-refractivity contribution in [2.24, 2.45) is 0 Å². The predicted molar refractivity (Wildman–Crippen MR) is 95.6 cm³/mol. The van der Waals surface area contributed by atoms with Gasteiger partial charge in [-0.3, -0.25) is 14.9 Å². The molecule has 0 saturated carbocycles. The Morgan fingerprint density at radius 2 is 2.00 bits per heavy atom. The number of nitrogens with zero attached hydrogens (tertiary/aromatic N) is 3. The fourth-order valence-electron chi connectivity index (χ4n) is 2.73. The number of aromatic amines is 1. The number of rotatable bonds is 6. The Morgan fingerprint density at radius 1 is 1.20 bits per heavy atom. The molecule has 0 fully saturated rings. The number of H-pyrrole nitrogens is 1. The zero-order valence-electron chi connectivity index (χ0n) is 14.3. The first-order chi connectivity index (χ1) is 12.2. The molecule has 0 aliphatic rings. The van der Waals surface area contributed by atoms with E-state index in [4.69, 9.17) is 0 Å². The van der Waals surface area contributed by atoms with Gasteiger partial charge in [0.05, 0.1) is 12.0 Å². The van der Waals surface area contributed by atoms with Crippen LogP contribution in [0.15, 0.2) is 54.9 Å². The van der Waals surface area contributed by atoms with Crippen LogP contribution in [0.4, 0.5) is 0 Å². The predicted octanol–water partition coefficient (Wildman–Crippen LogP) is 3.24. The molecule has 3 rings (SSSR count). The van der Waals surface area contributed by atoms with E-state index in [1.807, 2.05) is 56.3 Å². The van der Waals surface area contributed by atoms with Gasteiger partial charge in [-0.25, -0.2) is 4.98 Å². The smallest absolute Gasteiger partial charge is 0.228 e. The molecule has 0 saturated heterocycles. The maximum absolute atomic E-state index is 12.7. The fraction of sp³-hybridized carbons (Fsp3) is 0.263. The second-order valence-corrected chi connectivity index (χ2v) is 5.89. The quantitative estimate of drug-likeness (QED) is 0.724. The van der Waals surface area contributed by atoms with Crippen molar-refractivity contribution < 1.29 is 4.79 Å². The van der Waals surface area contributed by atoms with Crippen molar-refractivity contribution in [1.29, 1.82) is 0 Å². The van der Waals surface area contributed by atoms with Gasteiger partial charge in [-0.2, -0.15) is 5.10 Å². The molecule has 2 heterocycles. The van der Waals surface area contributed by atoms with E-state index in [-0.39, 0.29) is 17.9 Å². The molecule has 2 N–H and O–H groups in total. The Hall–Kier alpha value is -3.02. The molecule has 6 nitrogen and oxygen atoms in total. The molecule has 25 heavy (non-hydrogen) atoms. The summed E-state index contributed by atoms with van der Waals surface area (Å²) in [5, 5.41) is 10.1. The Bertz CT molecular complexity index is 816. The van der Waals surface area contributed by atoms with E-state index < -0.39 is 0 Å². The van der Waals surface area contributed by atoms with Gasteiger partial charge in [-0.15, -0.1) is 0 Å². The SMILES string of the molecule is CC[C@@H](C(=O)N[C@@H](C)c1nc(-c2cccnc2)n[nH]1)c1ccccc1. The zero-order chi connectivity index (χ0) is 17.6. The first kappa shape index (κ1) is 16.8. The van der Waals surface area contributed by atoms with Gasteiger partial charge in [0.15, 0.2) is 5.82 Å². The summed E-state index contributed by atoms with van der Waals surface area (Å²) in [5.74, 6) is 0.999. The number of amides is 1. The summed E-state index contributed by atoms with van der Waals surface area (Å²) < 4.78 is 0. The molecule has 128 valence electrons. The summed E-state index contributed by atoms with van der Waals surface area (Å²) in [7, 11) is 0. The number of benzene rings is 1. The fourth-order valence-corrected chi connectivity index (χ4v) is 2.73. The lowest BCUT2D eigenvalue weighted by Gasteiger charge is -2.18. The molecule has 6 heteroatoms. The number of aromatic nitrogens is 4. The van der Waals surface area contributed by atoms with Crippen LogP contribution in [0.25, 0.3) is 11.4 Å². The van der Waals surface area contributed by atoms with Crippen LogP contribution in [0.1, 0.15) is 43.6 Å². The molecular formula is C19H21N5O. The third-order valence-corrected chi connectivity index (χ3v) is 4.12. The molecule has 2 atom stereocenters. The van der Waals surface area contributed by atoms with Crippen LogP contribution in [0.5, 0.6) is 0 Å². The minimum atomic E-state index is -0.261. The molecule has 0 spiro atoms. The highest BCUT2D eigenvalue weighted by atomic mass is 16.1. The standard InChI is InChI=1S/C19H21N5O/c1-3-16(14-8-5-4-6-9-14)19(25)21-13(2)17-22-18(24-23-17)15-10-7-11-20-12-15/h4-13,16H,3H2,1-2H3,(H,21,25)(H,22,23,24)/t13-,16+/m0/s1. The van der Waals surface area contributed by atoms with E-state index in [1.54, 1.807) is 12.4 Å². The van der Waals surface area contributed by atoms with Crippen LogP contribution in [-0.4, -0.2) is 26.1 Å². The minimum absolute atomic E-state index is 0.0134. The Morgan fingerprint density at radius 3 is 2.68 bits per heavy atom. The second-order valence-electron chi connectivity index (χ2n) is 5.89. The van der Waals surface area contributed by atoms with Gasteiger partial charge in [-0.1, -0.05) is 37.3 Å². The molecule has 0 aliphatic heterocycles. The number of nitrogens with one attached hydrogen (secondary N) is 2. The van der Waals surface area contributed by atoms with Gasteiger partial charge in [0.1, 0.15) is 5.82 Å². The average molecular weight is 335 g/mol. The van der Waals surface area contributed by atoms with Gasteiger partial charge in [-0.05, 0) is 31.0 Å². The molecule has 3 aromatic rings. The Balaban J connectivity index is 1.70. The summed E-state index contributed by atoms with van der Waals surface area (Å²) in [4.78, 5) is 21.2. The van der Waals surface area contributed by atoms with Crippen molar-refractivity contribution in [2.45, 2.75) is 32.2 Å². The van der Waals surface area contributed by atoms with E-state index in [1.165, 1.54) is 0 Å². The first-order valence-electron chi connectivity index (χ1n) is 8.37. The molecule has 0 unspecified atom stereocenters. The van der Waals surface area contributed by atoms with Crippen molar-refractivity contribution in [3.63, 3.8) is 0 Å². The van der Waals surface area contributed by atoms with Crippen LogP contribution in [-0.2, 0) is 4.79 Å². The van der Waals surface area contributed by atoms with Crippen molar-refractivity contribution in [3.05, 3.63) is 66.2 Å². The number of hydrogen-bond acceptors (Lipinski definition) is 4. The first-order valence-corrected chi connectivity index (χ1v) is 8.37. The Kier molecular flexibility index (Phi) is 5.18. The van der Waals surface area contributed by atoms with Crippen molar-refractivity contribution in [1.82, 2.24) is 25.5 Å². The molecule has 1 aromatic carbocycles. The van der Waals surface area contributed by atoms with Gasteiger partial charge >= 0.3 is 0 Å². The van der Waals surface area contributed by atoms with Crippen molar-refractivity contribution in [2.75, 3.05) is 0 Å². The third-order valence-electron chi connectivity index (χ3n) is 4.12. The van der Waals surface area contributed by atoms with E-state index in [0.717, 1.165) is 17.5 Å². The number of hydrogen-bond donors (Lipinski definition) is 2. The van der Waals surface area contributed by atoms with E-state index in [0.29, 0.717) is 11.6 Å². The number of pyridine rings is 1. The number of carbonyl (C=O) groups excluding carboxylic acids is 1. The van der Waals surface area contributed by atoms with E-state index in [2.05, 4.69) is 25.5 Å². The largest absolute Gasteiger partial charge is 0.346 e. The zero-order valence-corrected chi connectivity index (χ0v) is 14.3. The van der Waals surface area contributed by atoms with Crippen LogP contribution >= 0.6 is 0 Å². The van der Waals surface area contributed by atoms with Gasteiger partial charge < -0.3 is 5.32 Å². The van der Waals surface area contributed by atoms with Gasteiger partial charge in [0.25, 0.3) is 0 Å². The molecule has 0 bridgehead atoms. The molecule has 2 aromatic heterocycles. The molecule has 1 amide bonds. The van der Waals surface area contributed by atoms with Gasteiger partial charge in [0, 0.05) is 18.0 Å². The average Bonchev–Trinajstić information content (AvgIpc) is 3.14. The van der Waals surface area contributed by atoms with E-state index >= 15 is 0 Å². The molecular weight excluding hydrogens is 314 g/mol. The third kappa shape index (κ3) is 3.91. The summed E-state index contributed by atoms with van der Waals surface area (Å²) in [6, 6.07) is 13.3. The number of carbonyl (C=O) groups is 1. The maximum Gasteiger partial charge on any atom is 0.228 e. The summed E-state index contributed by atoms with van der Waals surface area (Å²) >= 11 is 0. The highest BCUT2D eigenvalue weighted by Gasteiger charge is 2.22. The lowest BCUT2D eigenvalue weighted by molar-refractivity contribution is -0.123. The van der Waals surface area contributed by atoms with Crippen LogP contribution < -0.4 is 5.32 Å². The lowest BCUT2D eigenvalue weighted by atomic mass is 9.95. The minimum Gasteiger partial charge on any atom is -0.346 e. The van der Waals surface area contributed by atoms with Crippen LogP contribution in [0.2, 0.25) is 0 Å². The van der Waals surface area contributed by atoms with Crippen molar-refractivity contribution in [3.8, 4) is 11.4 Å². The summed E-state index contributed by atoms with van der Waals surface area (Å²) in [6.07, 6.45) is 4.15. The van der Waals surface area contributed by atoms with Crippen LogP contribution in [0, 0.1) is 0 Å². The second kappa shape index (κ2) is 7.70. The topological polar surface area (TPSA) is 83.6 Å². The molecule has 0 aliphatic carbocycles. The summed E-state index contributed by atoms with van der Waals surface area (Å²) in [6.45, 7) is 3.90. The highest BCUT2D eigenvalue weighted by Crippen LogP contribution is 2.21. The maximum atomic E-state index is 12.7. The van der Waals surface area contributed by atoms with Crippen LogP contribution in [0.3, 0.4) is 0 Å². The van der Waals surface area contributed by atoms with Crippen molar-refractivity contribution >= 4 is 5.91 Å². The normalized spacial score (nSPS) is 13.2. The monoisotopic (exact) mass is 335 g/mol.